The molecule has 102 valence electrons. The van der Waals surface area contributed by atoms with E-state index < -0.39 is 0 Å². The fraction of sp³-hybridized carbons (Fsp3) is 1.00. The van der Waals surface area contributed by atoms with Gasteiger partial charge >= 0.3 is 0 Å². The second-order valence-electron chi connectivity index (χ2n) is 5.54. The van der Waals surface area contributed by atoms with Gasteiger partial charge in [0, 0.05) is 19.8 Å². The Labute approximate surface area is 108 Å². The molecular formula is C15H31NO. The second-order valence-corrected chi connectivity index (χ2v) is 5.54. The lowest BCUT2D eigenvalue weighted by molar-refractivity contribution is 0.109. The van der Waals surface area contributed by atoms with E-state index in [4.69, 9.17) is 4.74 Å². The average molecular weight is 241 g/mol. The van der Waals surface area contributed by atoms with Gasteiger partial charge in [0.05, 0.1) is 0 Å². The van der Waals surface area contributed by atoms with E-state index in [0.717, 1.165) is 13.2 Å². The highest BCUT2D eigenvalue weighted by Gasteiger charge is 2.30. The van der Waals surface area contributed by atoms with Crippen molar-refractivity contribution in [3.05, 3.63) is 0 Å². The Morgan fingerprint density at radius 2 is 1.88 bits per heavy atom. The number of hydrogen-bond acceptors (Lipinski definition) is 2. The maximum atomic E-state index is 5.47. The highest BCUT2D eigenvalue weighted by atomic mass is 16.5. The van der Waals surface area contributed by atoms with Crippen molar-refractivity contribution in [3.8, 4) is 0 Å². The van der Waals surface area contributed by atoms with Crippen LogP contribution in [0.2, 0.25) is 0 Å². The van der Waals surface area contributed by atoms with E-state index in [1.807, 2.05) is 0 Å². The Hall–Kier alpha value is -0.0800. The zero-order chi connectivity index (χ0) is 12.4. The van der Waals surface area contributed by atoms with Crippen LogP contribution in [0.3, 0.4) is 0 Å². The van der Waals surface area contributed by atoms with Crippen molar-refractivity contribution in [3.63, 3.8) is 0 Å². The summed E-state index contributed by atoms with van der Waals surface area (Å²) in [7, 11) is 0. The van der Waals surface area contributed by atoms with Crippen LogP contribution in [0.25, 0.3) is 0 Å². The normalized spacial score (nSPS) is 19.4. The molecule has 1 N–H and O–H groups in total. The SMILES string of the molecule is CCCNCC1(CCCOCC)CCCCC1. The van der Waals surface area contributed by atoms with Crippen LogP contribution in [0, 0.1) is 5.41 Å². The summed E-state index contributed by atoms with van der Waals surface area (Å²) in [4.78, 5) is 0. The van der Waals surface area contributed by atoms with Crippen molar-refractivity contribution in [1.29, 1.82) is 0 Å². The fourth-order valence-corrected chi connectivity index (χ4v) is 3.04. The van der Waals surface area contributed by atoms with E-state index >= 15 is 0 Å². The van der Waals surface area contributed by atoms with Gasteiger partial charge in [-0.3, -0.25) is 0 Å². The Morgan fingerprint density at radius 3 is 2.53 bits per heavy atom. The molecule has 1 saturated carbocycles. The van der Waals surface area contributed by atoms with Crippen LogP contribution in [0.4, 0.5) is 0 Å². The smallest absolute Gasteiger partial charge is 0.0466 e. The number of nitrogens with one attached hydrogen (secondary N) is 1. The van der Waals surface area contributed by atoms with Crippen molar-refractivity contribution in [2.45, 2.75) is 65.2 Å². The van der Waals surface area contributed by atoms with Crippen LogP contribution >= 0.6 is 0 Å². The van der Waals surface area contributed by atoms with Crippen LogP contribution in [-0.4, -0.2) is 26.3 Å². The molecule has 0 aromatic carbocycles. The molecule has 0 atom stereocenters. The fourth-order valence-electron chi connectivity index (χ4n) is 3.04. The highest BCUT2D eigenvalue weighted by molar-refractivity contribution is 4.84. The van der Waals surface area contributed by atoms with Crippen LogP contribution in [-0.2, 0) is 4.74 Å². The standard InChI is InChI=1S/C15H31NO/c1-3-12-16-14-15(9-6-5-7-10-15)11-8-13-17-4-2/h16H,3-14H2,1-2H3. The minimum atomic E-state index is 0.588. The Morgan fingerprint density at radius 1 is 1.12 bits per heavy atom. The maximum Gasteiger partial charge on any atom is 0.0466 e. The monoisotopic (exact) mass is 241 g/mol. The number of ether oxygens (including phenoxy) is 1. The summed E-state index contributed by atoms with van der Waals surface area (Å²) in [6.45, 7) is 8.54. The van der Waals surface area contributed by atoms with E-state index in [9.17, 15) is 0 Å². The van der Waals surface area contributed by atoms with E-state index in [1.54, 1.807) is 0 Å². The second kappa shape index (κ2) is 8.93. The Balaban J connectivity index is 2.29. The largest absolute Gasteiger partial charge is 0.382 e. The average Bonchev–Trinajstić information content (AvgIpc) is 2.36. The van der Waals surface area contributed by atoms with Gasteiger partial charge in [-0.05, 0) is 51.0 Å². The van der Waals surface area contributed by atoms with Crippen molar-refractivity contribution < 1.29 is 4.74 Å². The summed E-state index contributed by atoms with van der Waals surface area (Å²) in [5, 5.41) is 3.65. The summed E-state index contributed by atoms with van der Waals surface area (Å²) in [5.74, 6) is 0. The predicted octanol–water partition coefficient (Wildman–Crippen LogP) is 3.75. The molecule has 1 aliphatic rings. The molecular weight excluding hydrogens is 210 g/mol. The third-order valence-corrected chi connectivity index (χ3v) is 4.04. The van der Waals surface area contributed by atoms with Crippen molar-refractivity contribution in [2.75, 3.05) is 26.3 Å². The number of hydrogen-bond donors (Lipinski definition) is 1. The van der Waals surface area contributed by atoms with Gasteiger partial charge in [-0.25, -0.2) is 0 Å². The first-order valence-electron chi connectivity index (χ1n) is 7.61. The van der Waals surface area contributed by atoms with Gasteiger partial charge in [0.2, 0.25) is 0 Å². The lowest BCUT2D eigenvalue weighted by Gasteiger charge is -2.38. The molecule has 0 amide bonds. The first-order chi connectivity index (χ1) is 8.33. The van der Waals surface area contributed by atoms with E-state index in [0.29, 0.717) is 5.41 Å². The third-order valence-electron chi connectivity index (χ3n) is 4.04. The van der Waals surface area contributed by atoms with E-state index in [1.165, 1.54) is 64.5 Å². The van der Waals surface area contributed by atoms with Gasteiger partial charge in [-0.15, -0.1) is 0 Å². The topological polar surface area (TPSA) is 21.3 Å². The first kappa shape index (κ1) is 15.0. The van der Waals surface area contributed by atoms with Gasteiger partial charge in [0.1, 0.15) is 0 Å². The molecule has 1 rings (SSSR count). The van der Waals surface area contributed by atoms with Gasteiger partial charge in [0.25, 0.3) is 0 Å². The lowest BCUT2D eigenvalue weighted by atomic mass is 9.71. The van der Waals surface area contributed by atoms with Gasteiger partial charge in [-0.1, -0.05) is 26.2 Å². The zero-order valence-electron chi connectivity index (χ0n) is 11.9. The lowest BCUT2D eigenvalue weighted by Crippen LogP contribution is -2.36. The summed E-state index contributed by atoms with van der Waals surface area (Å²) >= 11 is 0. The Kier molecular flexibility index (Phi) is 7.87. The van der Waals surface area contributed by atoms with Crippen molar-refractivity contribution >= 4 is 0 Å². The maximum absolute atomic E-state index is 5.47. The minimum Gasteiger partial charge on any atom is -0.382 e. The van der Waals surface area contributed by atoms with E-state index in [-0.39, 0.29) is 0 Å². The first-order valence-corrected chi connectivity index (χ1v) is 7.61. The van der Waals surface area contributed by atoms with Crippen LogP contribution in [0.5, 0.6) is 0 Å². The van der Waals surface area contributed by atoms with Gasteiger partial charge in [-0.2, -0.15) is 0 Å². The summed E-state index contributed by atoms with van der Waals surface area (Å²) in [6, 6.07) is 0. The molecule has 0 heterocycles. The van der Waals surface area contributed by atoms with Crippen molar-refractivity contribution in [1.82, 2.24) is 5.32 Å². The van der Waals surface area contributed by atoms with Gasteiger partial charge < -0.3 is 10.1 Å². The van der Waals surface area contributed by atoms with E-state index in [2.05, 4.69) is 19.2 Å². The molecule has 1 fully saturated rings. The van der Waals surface area contributed by atoms with Crippen LogP contribution in [0.15, 0.2) is 0 Å². The van der Waals surface area contributed by atoms with Gasteiger partial charge in [0.15, 0.2) is 0 Å². The zero-order valence-corrected chi connectivity index (χ0v) is 11.9. The molecule has 0 aromatic rings. The Bertz CT molecular complexity index is 176. The molecule has 2 nitrogen and oxygen atoms in total. The molecule has 0 spiro atoms. The summed E-state index contributed by atoms with van der Waals surface area (Å²) in [5.41, 5.74) is 0.588. The molecule has 0 saturated heterocycles. The van der Waals surface area contributed by atoms with Crippen LogP contribution in [0.1, 0.15) is 65.2 Å². The molecule has 0 aliphatic heterocycles. The van der Waals surface area contributed by atoms with Crippen molar-refractivity contribution in [2.24, 2.45) is 5.41 Å². The predicted molar refractivity (Wildman–Crippen MR) is 74.4 cm³/mol. The quantitative estimate of drug-likeness (QED) is 0.621. The summed E-state index contributed by atoms with van der Waals surface area (Å²) < 4.78 is 5.47. The molecule has 0 bridgehead atoms. The number of rotatable bonds is 9. The molecule has 0 radical (unpaired) electrons. The highest BCUT2D eigenvalue weighted by Crippen LogP contribution is 2.39. The molecule has 17 heavy (non-hydrogen) atoms. The molecule has 0 aromatic heterocycles. The molecule has 1 aliphatic carbocycles. The molecule has 0 unspecified atom stereocenters. The third kappa shape index (κ3) is 5.87. The van der Waals surface area contributed by atoms with Crippen LogP contribution < -0.4 is 5.32 Å². The molecule has 2 heteroatoms. The summed E-state index contributed by atoms with van der Waals surface area (Å²) in [6.07, 6.45) is 11.0. The minimum absolute atomic E-state index is 0.588.